The molecule has 4 rings (SSSR count). The first-order valence-electron chi connectivity index (χ1n) is 8.08. The number of benzene rings is 1. The molecule has 1 aromatic carbocycles. The highest BCUT2D eigenvalue weighted by Gasteiger charge is 2.35. The van der Waals surface area contributed by atoms with E-state index in [1.807, 2.05) is 35.0 Å². The SMILES string of the molecule is CN(Cc1nnnn1-c1ccccc1)C1CC2CCC(C1)N2.Cl. The van der Waals surface area contributed by atoms with Crippen LogP contribution < -0.4 is 5.32 Å². The number of fused-ring (bicyclic) bond motifs is 2. The summed E-state index contributed by atoms with van der Waals surface area (Å²) in [6, 6.07) is 12.1. The van der Waals surface area contributed by atoms with Gasteiger partial charge in [0.15, 0.2) is 5.82 Å². The predicted molar refractivity (Wildman–Crippen MR) is 90.8 cm³/mol. The number of rotatable bonds is 4. The van der Waals surface area contributed by atoms with Gasteiger partial charge in [-0.3, -0.25) is 4.90 Å². The number of nitrogens with one attached hydrogen (secondary N) is 1. The van der Waals surface area contributed by atoms with Crippen LogP contribution in [0.4, 0.5) is 0 Å². The van der Waals surface area contributed by atoms with Crippen LogP contribution in [-0.4, -0.2) is 50.3 Å². The second-order valence-corrected chi connectivity index (χ2v) is 6.52. The van der Waals surface area contributed by atoms with Gasteiger partial charge in [-0.15, -0.1) is 17.5 Å². The molecule has 23 heavy (non-hydrogen) atoms. The van der Waals surface area contributed by atoms with Crippen molar-refractivity contribution in [3.8, 4) is 5.69 Å². The quantitative estimate of drug-likeness (QED) is 0.924. The van der Waals surface area contributed by atoms with E-state index in [1.54, 1.807) is 0 Å². The molecule has 0 saturated carbocycles. The zero-order chi connectivity index (χ0) is 14.9. The molecule has 2 bridgehead atoms. The molecule has 2 aliphatic rings. The summed E-state index contributed by atoms with van der Waals surface area (Å²) in [6.45, 7) is 0.784. The Labute approximate surface area is 142 Å². The highest BCUT2D eigenvalue weighted by atomic mass is 35.5. The minimum Gasteiger partial charge on any atom is -0.311 e. The first-order chi connectivity index (χ1) is 10.8. The summed E-state index contributed by atoms with van der Waals surface area (Å²) in [4.78, 5) is 2.41. The summed E-state index contributed by atoms with van der Waals surface area (Å²) in [6.07, 6.45) is 5.13. The second kappa shape index (κ2) is 6.95. The summed E-state index contributed by atoms with van der Waals surface area (Å²) >= 11 is 0. The molecule has 0 aliphatic carbocycles. The molecule has 2 saturated heterocycles. The molecule has 1 aromatic heterocycles. The zero-order valence-corrected chi connectivity index (χ0v) is 14.1. The third-order valence-corrected chi connectivity index (χ3v) is 5.00. The van der Waals surface area contributed by atoms with Crippen molar-refractivity contribution in [2.75, 3.05) is 7.05 Å². The molecule has 2 atom stereocenters. The smallest absolute Gasteiger partial charge is 0.170 e. The van der Waals surface area contributed by atoms with Crippen LogP contribution in [0, 0.1) is 0 Å². The van der Waals surface area contributed by atoms with Crippen LogP contribution in [0.25, 0.3) is 5.69 Å². The van der Waals surface area contributed by atoms with Crippen molar-refractivity contribution in [2.24, 2.45) is 0 Å². The maximum absolute atomic E-state index is 4.23. The molecular weight excluding hydrogens is 312 g/mol. The van der Waals surface area contributed by atoms with Crippen molar-refractivity contribution >= 4 is 12.4 Å². The zero-order valence-electron chi connectivity index (χ0n) is 13.3. The molecular formula is C16H23ClN6. The van der Waals surface area contributed by atoms with Crippen LogP contribution in [0.15, 0.2) is 30.3 Å². The monoisotopic (exact) mass is 334 g/mol. The van der Waals surface area contributed by atoms with Crippen molar-refractivity contribution < 1.29 is 0 Å². The third-order valence-electron chi connectivity index (χ3n) is 5.00. The number of nitrogens with zero attached hydrogens (tertiary/aromatic N) is 5. The van der Waals surface area contributed by atoms with Gasteiger partial charge in [0.25, 0.3) is 0 Å². The predicted octanol–water partition coefficient (Wildman–Crippen LogP) is 1.80. The Morgan fingerprint density at radius 3 is 2.57 bits per heavy atom. The van der Waals surface area contributed by atoms with Gasteiger partial charge >= 0.3 is 0 Å². The highest BCUT2D eigenvalue weighted by molar-refractivity contribution is 5.85. The molecule has 2 fully saturated rings. The van der Waals surface area contributed by atoms with Crippen molar-refractivity contribution in [1.29, 1.82) is 0 Å². The highest BCUT2D eigenvalue weighted by Crippen LogP contribution is 2.29. The van der Waals surface area contributed by atoms with Crippen LogP contribution >= 0.6 is 12.4 Å². The van der Waals surface area contributed by atoms with E-state index in [1.165, 1.54) is 25.7 Å². The largest absolute Gasteiger partial charge is 0.311 e. The molecule has 1 N–H and O–H groups in total. The summed E-state index contributed by atoms with van der Waals surface area (Å²) < 4.78 is 1.84. The van der Waals surface area contributed by atoms with Gasteiger partial charge < -0.3 is 5.32 Å². The molecule has 6 nitrogen and oxygen atoms in total. The van der Waals surface area contributed by atoms with Gasteiger partial charge in [-0.1, -0.05) is 18.2 Å². The third kappa shape index (κ3) is 3.39. The average molecular weight is 335 g/mol. The van der Waals surface area contributed by atoms with E-state index < -0.39 is 0 Å². The van der Waals surface area contributed by atoms with Crippen LogP contribution in [0.1, 0.15) is 31.5 Å². The fourth-order valence-corrected chi connectivity index (χ4v) is 3.81. The number of hydrogen-bond acceptors (Lipinski definition) is 5. The maximum atomic E-state index is 4.23. The van der Waals surface area contributed by atoms with Crippen LogP contribution in [0.2, 0.25) is 0 Å². The van der Waals surface area contributed by atoms with Gasteiger partial charge in [0.05, 0.1) is 12.2 Å². The Balaban J connectivity index is 0.00000156. The lowest BCUT2D eigenvalue weighted by molar-refractivity contribution is 0.161. The standard InChI is InChI=1S/C16H22N6.ClH/c1-21(15-9-12-7-8-13(10-15)17-12)11-16-18-19-20-22(16)14-5-3-2-4-6-14;/h2-6,12-13,15,17H,7-11H2,1H3;1H. The summed E-state index contributed by atoms with van der Waals surface area (Å²) in [7, 11) is 2.19. The topological polar surface area (TPSA) is 58.9 Å². The summed E-state index contributed by atoms with van der Waals surface area (Å²) in [5.41, 5.74) is 1.02. The molecule has 3 heterocycles. The fraction of sp³-hybridized carbons (Fsp3) is 0.562. The molecule has 0 spiro atoms. The molecule has 2 unspecified atom stereocenters. The first-order valence-corrected chi connectivity index (χ1v) is 8.08. The normalized spacial score (nSPS) is 26.3. The van der Waals surface area contributed by atoms with E-state index in [2.05, 4.69) is 32.8 Å². The average Bonchev–Trinajstić information content (AvgIpc) is 3.14. The van der Waals surface area contributed by atoms with Crippen molar-refractivity contribution in [1.82, 2.24) is 30.4 Å². The number of piperidine rings is 1. The van der Waals surface area contributed by atoms with Gasteiger partial charge in [-0.25, -0.2) is 0 Å². The van der Waals surface area contributed by atoms with Gasteiger partial charge in [-0.2, -0.15) is 4.68 Å². The van der Waals surface area contributed by atoms with Crippen molar-refractivity contribution in [2.45, 2.75) is 50.4 Å². The Morgan fingerprint density at radius 2 is 1.87 bits per heavy atom. The van der Waals surface area contributed by atoms with Crippen LogP contribution in [-0.2, 0) is 6.54 Å². The molecule has 2 aromatic rings. The fourth-order valence-electron chi connectivity index (χ4n) is 3.81. The number of para-hydroxylation sites is 1. The molecule has 124 valence electrons. The first kappa shape index (κ1) is 16.4. The van der Waals surface area contributed by atoms with E-state index in [9.17, 15) is 0 Å². The minimum atomic E-state index is 0. The number of aromatic nitrogens is 4. The van der Waals surface area contributed by atoms with E-state index in [0.29, 0.717) is 18.1 Å². The second-order valence-electron chi connectivity index (χ2n) is 6.52. The summed E-state index contributed by atoms with van der Waals surface area (Å²) in [5, 5.41) is 15.9. The number of hydrogen-bond donors (Lipinski definition) is 1. The maximum Gasteiger partial charge on any atom is 0.170 e. The van der Waals surface area contributed by atoms with E-state index in [0.717, 1.165) is 18.1 Å². The lowest BCUT2D eigenvalue weighted by atomic mass is 9.98. The van der Waals surface area contributed by atoms with E-state index in [-0.39, 0.29) is 12.4 Å². The van der Waals surface area contributed by atoms with E-state index >= 15 is 0 Å². The van der Waals surface area contributed by atoms with Crippen molar-refractivity contribution in [3.05, 3.63) is 36.2 Å². The molecule has 0 radical (unpaired) electrons. The van der Waals surface area contributed by atoms with Crippen LogP contribution in [0.5, 0.6) is 0 Å². The molecule has 2 aliphatic heterocycles. The van der Waals surface area contributed by atoms with Gasteiger partial charge in [0.2, 0.25) is 0 Å². The Bertz CT molecular complexity index is 619. The minimum absolute atomic E-state index is 0. The Hall–Kier alpha value is -1.50. The Morgan fingerprint density at radius 1 is 1.17 bits per heavy atom. The van der Waals surface area contributed by atoms with Crippen LogP contribution in [0.3, 0.4) is 0 Å². The van der Waals surface area contributed by atoms with Gasteiger partial charge in [-0.05, 0) is 55.3 Å². The molecule has 7 heteroatoms. The molecule has 0 amide bonds. The van der Waals surface area contributed by atoms with Gasteiger partial charge in [0.1, 0.15) is 0 Å². The number of halogens is 1. The lowest BCUT2D eigenvalue weighted by Crippen LogP contribution is -2.46. The summed E-state index contributed by atoms with van der Waals surface area (Å²) in [5.74, 6) is 0.902. The lowest BCUT2D eigenvalue weighted by Gasteiger charge is -2.35. The van der Waals surface area contributed by atoms with Crippen molar-refractivity contribution in [3.63, 3.8) is 0 Å². The van der Waals surface area contributed by atoms with E-state index in [4.69, 9.17) is 0 Å². The number of tetrazole rings is 1. The Kier molecular flexibility index (Phi) is 4.94. The van der Waals surface area contributed by atoms with Gasteiger partial charge in [0, 0.05) is 18.1 Å².